The van der Waals surface area contributed by atoms with E-state index in [9.17, 15) is 5.11 Å². The van der Waals surface area contributed by atoms with Crippen molar-refractivity contribution in [2.75, 3.05) is 13.2 Å². The second-order valence-electron chi connectivity index (χ2n) is 5.44. The number of benzene rings is 1. The molecule has 1 fully saturated rings. The van der Waals surface area contributed by atoms with Gasteiger partial charge in [-0.1, -0.05) is 12.8 Å². The number of aliphatic hydroxyl groups is 1. The van der Waals surface area contributed by atoms with Crippen LogP contribution in [0.4, 0.5) is 0 Å². The number of aliphatic hydroxyl groups excluding tert-OH is 1. The van der Waals surface area contributed by atoms with E-state index in [1.54, 1.807) is 0 Å². The van der Waals surface area contributed by atoms with Gasteiger partial charge in [0.25, 0.3) is 0 Å². The topological polar surface area (TPSA) is 50.7 Å². The quantitative estimate of drug-likeness (QED) is 0.887. The first-order chi connectivity index (χ1) is 9.74. The summed E-state index contributed by atoms with van der Waals surface area (Å²) in [4.78, 5) is 0. The van der Waals surface area contributed by atoms with E-state index in [2.05, 4.69) is 27.3 Å². The van der Waals surface area contributed by atoms with Crippen LogP contribution < -0.4 is 14.8 Å². The Balaban J connectivity index is 1.67. The van der Waals surface area contributed by atoms with Crippen LogP contribution in [0.25, 0.3) is 0 Å². The SMILES string of the molecule is OC1CCCCC1NCc1cc(Br)c2c(c1)OCCO2. The van der Waals surface area contributed by atoms with E-state index < -0.39 is 0 Å². The molecule has 3 rings (SSSR count). The molecule has 2 aliphatic rings. The average Bonchev–Trinajstić information content (AvgIpc) is 2.46. The first kappa shape index (κ1) is 14.2. The second kappa shape index (κ2) is 6.33. The molecule has 0 radical (unpaired) electrons. The predicted octanol–water partition coefficient (Wildman–Crippen LogP) is 2.61. The largest absolute Gasteiger partial charge is 0.486 e. The van der Waals surface area contributed by atoms with Crippen molar-refractivity contribution in [1.82, 2.24) is 5.32 Å². The standard InChI is InChI=1S/C15H20BrNO3/c16-11-7-10(8-14-15(11)20-6-5-19-14)9-17-12-3-1-2-4-13(12)18/h7-8,12-13,17-18H,1-6,9H2. The van der Waals surface area contributed by atoms with E-state index in [-0.39, 0.29) is 12.1 Å². The smallest absolute Gasteiger partial charge is 0.175 e. The molecule has 2 unspecified atom stereocenters. The van der Waals surface area contributed by atoms with Gasteiger partial charge in [-0.2, -0.15) is 0 Å². The fourth-order valence-corrected chi connectivity index (χ4v) is 3.47. The molecule has 1 aliphatic heterocycles. The zero-order valence-electron chi connectivity index (χ0n) is 11.4. The number of ether oxygens (including phenoxy) is 2. The lowest BCUT2D eigenvalue weighted by atomic mass is 9.92. The van der Waals surface area contributed by atoms with Gasteiger partial charge in [-0.05, 0) is 46.5 Å². The molecule has 20 heavy (non-hydrogen) atoms. The second-order valence-corrected chi connectivity index (χ2v) is 6.30. The van der Waals surface area contributed by atoms with Crippen LogP contribution in [0.1, 0.15) is 31.2 Å². The van der Waals surface area contributed by atoms with Crippen LogP contribution in [0.3, 0.4) is 0 Å². The highest BCUT2D eigenvalue weighted by atomic mass is 79.9. The number of hydrogen-bond acceptors (Lipinski definition) is 4. The lowest BCUT2D eigenvalue weighted by Gasteiger charge is -2.28. The Labute approximate surface area is 127 Å². The van der Waals surface area contributed by atoms with E-state index >= 15 is 0 Å². The molecular weight excluding hydrogens is 322 g/mol. The van der Waals surface area contributed by atoms with Crippen molar-refractivity contribution in [1.29, 1.82) is 0 Å². The third-order valence-corrected chi connectivity index (χ3v) is 4.54. The number of hydrogen-bond donors (Lipinski definition) is 2. The predicted molar refractivity (Wildman–Crippen MR) is 80.2 cm³/mol. The number of halogens is 1. The van der Waals surface area contributed by atoms with Gasteiger partial charge in [-0.3, -0.25) is 0 Å². The normalized spacial score (nSPS) is 25.5. The van der Waals surface area contributed by atoms with Crippen molar-refractivity contribution in [3.8, 4) is 11.5 Å². The first-order valence-electron chi connectivity index (χ1n) is 7.23. The highest BCUT2D eigenvalue weighted by Crippen LogP contribution is 2.38. The maximum atomic E-state index is 9.98. The molecule has 2 N–H and O–H groups in total. The fraction of sp³-hybridized carbons (Fsp3) is 0.600. The molecule has 0 amide bonds. The minimum atomic E-state index is -0.218. The van der Waals surface area contributed by atoms with Gasteiger partial charge in [0.2, 0.25) is 0 Å². The molecule has 1 aromatic carbocycles. The molecule has 1 saturated carbocycles. The van der Waals surface area contributed by atoms with Crippen molar-refractivity contribution in [3.05, 3.63) is 22.2 Å². The van der Waals surface area contributed by atoms with Crippen LogP contribution in [0.5, 0.6) is 11.5 Å². The van der Waals surface area contributed by atoms with Crippen molar-refractivity contribution in [3.63, 3.8) is 0 Å². The van der Waals surface area contributed by atoms with E-state index in [0.717, 1.165) is 47.3 Å². The summed E-state index contributed by atoms with van der Waals surface area (Å²) in [6.07, 6.45) is 4.06. The summed E-state index contributed by atoms with van der Waals surface area (Å²) in [7, 11) is 0. The minimum absolute atomic E-state index is 0.204. The number of rotatable bonds is 3. The van der Waals surface area contributed by atoms with Crippen LogP contribution >= 0.6 is 15.9 Å². The lowest BCUT2D eigenvalue weighted by molar-refractivity contribution is 0.0902. The van der Waals surface area contributed by atoms with Gasteiger partial charge in [0, 0.05) is 12.6 Å². The van der Waals surface area contributed by atoms with Crippen LogP contribution in [0.2, 0.25) is 0 Å². The number of fused-ring (bicyclic) bond motifs is 1. The fourth-order valence-electron chi connectivity index (χ4n) is 2.86. The Hall–Kier alpha value is -0.780. The Morgan fingerprint density at radius 2 is 2.00 bits per heavy atom. The highest BCUT2D eigenvalue weighted by Gasteiger charge is 2.23. The summed E-state index contributed by atoms with van der Waals surface area (Å²) < 4.78 is 12.1. The van der Waals surface area contributed by atoms with Gasteiger partial charge in [-0.15, -0.1) is 0 Å². The summed E-state index contributed by atoms with van der Waals surface area (Å²) in [5, 5.41) is 13.4. The lowest BCUT2D eigenvalue weighted by Crippen LogP contribution is -2.41. The Bertz CT molecular complexity index is 480. The molecule has 1 aliphatic carbocycles. The zero-order chi connectivity index (χ0) is 13.9. The van der Waals surface area contributed by atoms with Gasteiger partial charge in [0.05, 0.1) is 10.6 Å². The van der Waals surface area contributed by atoms with Gasteiger partial charge in [-0.25, -0.2) is 0 Å². The molecule has 0 saturated heterocycles. The van der Waals surface area contributed by atoms with Gasteiger partial charge in [0.15, 0.2) is 11.5 Å². The van der Waals surface area contributed by atoms with Crippen LogP contribution in [-0.2, 0) is 6.54 Å². The summed E-state index contributed by atoms with van der Waals surface area (Å²) >= 11 is 3.53. The number of nitrogens with one attached hydrogen (secondary N) is 1. The molecule has 5 heteroatoms. The van der Waals surface area contributed by atoms with Crippen molar-refractivity contribution in [2.24, 2.45) is 0 Å². The first-order valence-corrected chi connectivity index (χ1v) is 8.03. The summed E-state index contributed by atoms with van der Waals surface area (Å²) in [6.45, 7) is 1.92. The van der Waals surface area contributed by atoms with Gasteiger partial charge >= 0.3 is 0 Å². The molecule has 2 atom stereocenters. The Morgan fingerprint density at radius 3 is 2.85 bits per heavy atom. The molecule has 1 aromatic rings. The van der Waals surface area contributed by atoms with Gasteiger partial charge < -0.3 is 19.9 Å². The molecule has 0 spiro atoms. The van der Waals surface area contributed by atoms with Gasteiger partial charge in [0.1, 0.15) is 13.2 Å². The van der Waals surface area contributed by atoms with E-state index in [4.69, 9.17) is 9.47 Å². The summed E-state index contributed by atoms with van der Waals surface area (Å²) in [6, 6.07) is 4.27. The molecule has 4 nitrogen and oxygen atoms in total. The molecule has 0 aromatic heterocycles. The Kier molecular flexibility index (Phi) is 4.48. The molecule has 1 heterocycles. The van der Waals surface area contributed by atoms with E-state index in [1.807, 2.05) is 6.07 Å². The summed E-state index contributed by atoms with van der Waals surface area (Å²) in [5.74, 6) is 1.59. The van der Waals surface area contributed by atoms with Crippen LogP contribution in [0.15, 0.2) is 16.6 Å². The summed E-state index contributed by atoms with van der Waals surface area (Å²) in [5.41, 5.74) is 1.14. The van der Waals surface area contributed by atoms with Crippen molar-refractivity contribution < 1.29 is 14.6 Å². The van der Waals surface area contributed by atoms with Crippen LogP contribution in [0, 0.1) is 0 Å². The molecule has 0 bridgehead atoms. The molecule has 110 valence electrons. The van der Waals surface area contributed by atoms with Crippen LogP contribution in [-0.4, -0.2) is 30.5 Å². The zero-order valence-corrected chi connectivity index (χ0v) is 13.0. The van der Waals surface area contributed by atoms with Crippen molar-refractivity contribution in [2.45, 2.75) is 44.4 Å². The van der Waals surface area contributed by atoms with E-state index in [1.165, 1.54) is 6.42 Å². The average molecular weight is 342 g/mol. The highest BCUT2D eigenvalue weighted by molar-refractivity contribution is 9.10. The Morgan fingerprint density at radius 1 is 1.20 bits per heavy atom. The van der Waals surface area contributed by atoms with Crippen molar-refractivity contribution >= 4 is 15.9 Å². The maximum absolute atomic E-state index is 9.98. The monoisotopic (exact) mass is 341 g/mol. The maximum Gasteiger partial charge on any atom is 0.175 e. The third kappa shape index (κ3) is 3.10. The van der Waals surface area contributed by atoms with E-state index in [0.29, 0.717) is 13.2 Å². The molecular formula is C15H20BrNO3. The minimum Gasteiger partial charge on any atom is -0.486 e. The third-order valence-electron chi connectivity index (χ3n) is 3.95.